The zero-order valence-electron chi connectivity index (χ0n) is 13.9. The van der Waals surface area contributed by atoms with Crippen molar-refractivity contribution in [3.8, 4) is 11.1 Å². The quantitative estimate of drug-likeness (QED) is 0.849. The average Bonchev–Trinajstić information content (AvgIpc) is 2.86. The zero-order valence-corrected chi connectivity index (χ0v) is 13.9. The molecule has 1 aliphatic rings. The standard InChI is InChI=1S/C20H21NO3/c1-20(2,11-12-22)21-19(23)24-13-18-16-9-5-3-7-14(16)15-8-4-6-10-17(15)18/h3-10,12,18H,11,13H2,1-2H3,(H,21,23). The molecule has 0 aromatic heterocycles. The van der Waals surface area contributed by atoms with Crippen LogP contribution in [-0.2, 0) is 9.53 Å². The van der Waals surface area contributed by atoms with Crippen LogP contribution in [0, 0.1) is 0 Å². The third-order valence-corrected chi connectivity index (χ3v) is 4.38. The summed E-state index contributed by atoms with van der Waals surface area (Å²) in [7, 11) is 0. The minimum atomic E-state index is -0.607. The molecular weight excluding hydrogens is 302 g/mol. The Balaban J connectivity index is 1.74. The van der Waals surface area contributed by atoms with Crippen LogP contribution in [0.15, 0.2) is 48.5 Å². The van der Waals surface area contributed by atoms with E-state index in [1.54, 1.807) is 13.8 Å². The van der Waals surface area contributed by atoms with Crippen molar-refractivity contribution in [2.45, 2.75) is 31.7 Å². The molecule has 2 aromatic carbocycles. The van der Waals surface area contributed by atoms with E-state index in [1.807, 2.05) is 24.3 Å². The third-order valence-electron chi connectivity index (χ3n) is 4.38. The van der Waals surface area contributed by atoms with Gasteiger partial charge in [0.1, 0.15) is 12.9 Å². The van der Waals surface area contributed by atoms with E-state index in [2.05, 4.69) is 29.6 Å². The minimum absolute atomic E-state index is 0.0392. The molecule has 1 amide bonds. The molecule has 4 heteroatoms. The maximum Gasteiger partial charge on any atom is 0.407 e. The zero-order chi connectivity index (χ0) is 17.2. The van der Waals surface area contributed by atoms with Gasteiger partial charge in [-0.3, -0.25) is 0 Å². The van der Waals surface area contributed by atoms with Crippen LogP contribution < -0.4 is 5.32 Å². The van der Waals surface area contributed by atoms with E-state index in [1.165, 1.54) is 22.3 Å². The van der Waals surface area contributed by atoms with Crippen LogP contribution in [-0.4, -0.2) is 24.5 Å². The fourth-order valence-electron chi connectivity index (χ4n) is 3.17. The van der Waals surface area contributed by atoms with Gasteiger partial charge >= 0.3 is 6.09 Å². The number of benzene rings is 2. The van der Waals surface area contributed by atoms with Gasteiger partial charge in [0.25, 0.3) is 0 Å². The van der Waals surface area contributed by atoms with Crippen LogP contribution in [0.2, 0.25) is 0 Å². The van der Waals surface area contributed by atoms with Crippen LogP contribution in [0.25, 0.3) is 11.1 Å². The van der Waals surface area contributed by atoms with Gasteiger partial charge in [-0.1, -0.05) is 48.5 Å². The summed E-state index contributed by atoms with van der Waals surface area (Å²) in [5, 5.41) is 2.74. The number of nitrogens with one attached hydrogen (secondary N) is 1. The van der Waals surface area contributed by atoms with E-state index in [0.29, 0.717) is 0 Å². The molecule has 0 unspecified atom stereocenters. The molecule has 1 N–H and O–H groups in total. The second kappa shape index (κ2) is 6.48. The second-order valence-corrected chi connectivity index (χ2v) is 6.71. The second-order valence-electron chi connectivity index (χ2n) is 6.71. The van der Waals surface area contributed by atoms with Crippen molar-refractivity contribution >= 4 is 12.4 Å². The smallest absolute Gasteiger partial charge is 0.407 e. The molecule has 0 bridgehead atoms. The number of carbonyl (C=O) groups excluding carboxylic acids is 2. The summed E-state index contributed by atoms with van der Waals surface area (Å²) in [6.45, 7) is 3.86. The van der Waals surface area contributed by atoms with E-state index in [4.69, 9.17) is 4.74 Å². The number of aldehydes is 1. The number of alkyl carbamates (subject to hydrolysis) is 1. The first kappa shape index (κ1) is 16.2. The summed E-state index contributed by atoms with van der Waals surface area (Å²) in [6.07, 6.45) is 0.546. The summed E-state index contributed by atoms with van der Waals surface area (Å²) >= 11 is 0. The van der Waals surface area contributed by atoms with E-state index >= 15 is 0 Å². The molecule has 0 saturated carbocycles. The Bertz CT molecular complexity index is 721. The first-order valence-electron chi connectivity index (χ1n) is 8.08. The topological polar surface area (TPSA) is 55.4 Å². The van der Waals surface area contributed by atoms with Crippen molar-refractivity contribution < 1.29 is 14.3 Å². The normalized spacial score (nSPS) is 13.1. The molecule has 4 nitrogen and oxygen atoms in total. The third kappa shape index (κ3) is 3.18. The van der Waals surface area contributed by atoms with Crippen LogP contribution in [0.1, 0.15) is 37.3 Å². The molecule has 24 heavy (non-hydrogen) atoms. The molecule has 2 aromatic rings. The molecule has 124 valence electrons. The van der Waals surface area contributed by atoms with Gasteiger partial charge in [0.05, 0.1) is 0 Å². The minimum Gasteiger partial charge on any atom is -0.449 e. The largest absolute Gasteiger partial charge is 0.449 e. The van der Waals surface area contributed by atoms with Gasteiger partial charge in [-0.2, -0.15) is 0 Å². The Kier molecular flexibility index (Phi) is 4.38. The highest BCUT2D eigenvalue weighted by Gasteiger charge is 2.29. The fourth-order valence-corrected chi connectivity index (χ4v) is 3.17. The van der Waals surface area contributed by atoms with E-state index in [-0.39, 0.29) is 18.9 Å². The number of amides is 1. The van der Waals surface area contributed by atoms with Gasteiger partial charge in [0.2, 0.25) is 0 Å². The summed E-state index contributed by atoms with van der Waals surface area (Å²) in [4.78, 5) is 22.7. The SMILES string of the molecule is CC(C)(CC=O)NC(=O)OCC1c2ccccc2-c2ccccc21. The number of hydrogen-bond acceptors (Lipinski definition) is 3. The van der Waals surface area contributed by atoms with E-state index in [0.717, 1.165) is 6.29 Å². The predicted molar refractivity (Wildman–Crippen MR) is 93.0 cm³/mol. The lowest BCUT2D eigenvalue weighted by Crippen LogP contribution is -2.44. The van der Waals surface area contributed by atoms with Crippen molar-refractivity contribution in [1.82, 2.24) is 5.32 Å². The lowest BCUT2D eigenvalue weighted by atomic mass is 9.98. The van der Waals surface area contributed by atoms with Crippen LogP contribution in [0.4, 0.5) is 4.79 Å². The Morgan fingerprint density at radius 1 is 1.08 bits per heavy atom. The molecule has 0 saturated heterocycles. The highest BCUT2D eigenvalue weighted by atomic mass is 16.5. The van der Waals surface area contributed by atoms with Gasteiger partial charge in [-0.15, -0.1) is 0 Å². The van der Waals surface area contributed by atoms with Gasteiger partial charge in [-0.05, 0) is 36.1 Å². The van der Waals surface area contributed by atoms with Gasteiger partial charge in [0, 0.05) is 17.9 Å². The maximum absolute atomic E-state index is 12.1. The fraction of sp³-hybridized carbons (Fsp3) is 0.300. The molecule has 0 spiro atoms. The summed E-state index contributed by atoms with van der Waals surface area (Å²) in [5.74, 6) is 0.0392. The molecule has 0 aliphatic heterocycles. The average molecular weight is 323 g/mol. The van der Waals surface area contributed by atoms with Crippen molar-refractivity contribution in [3.63, 3.8) is 0 Å². The Hall–Kier alpha value is -2.62. The number of carbonyl (C=O) groups is 2. The summed E-state index contributed by atoms with van der Waals surface area (Å²) in [6, 6.07) is 16.4. The Morgan fingerprint density at radius 3 is 2.17 bits per heavy atom. The van der Waals surface area contributed by atoms with Crippen LogP contribution >= 0.6 is 0 Å². The van der Waals surface area contributed by atoms with Gasteiger partial charge < -0.3 is 14.8 Å². The number of rotatable bonds is 5. The molecule has 0 heterocycles. The lowest BCUT2D eigenvalue weighted by molar-refractivity contribution is -0.108. The number of hydrogen-bond donors (Lipinski definition) is 1. The van der Waals surface area contributed by atoms with Crippen molar-refractivity contribution in [2.75, 3.05) is 6.61 Å². The number of ether oxygens (including phenoxy) is 1. The van der Waals surface area contributed by atoms with E-state index < -0.39 is 11.6 Å². The lowest BCUT2D eigenvalue weighted by Gasteiger charge is -2.24. The Labute approximate surface area is 141 Å². The number of fused-ring (bicyclic) bond motifs is 3. The van der Waals surface area contributed by atoms with Crippen LogP contribution in [0.3, 0.4) is 0 Å². The molecule has 3 rings (SSSR count). The molecular formula is C20H21NO3. The molecule has 1 aliphatic carbocycles. The molecule has 0 atom stereocenters. The molecule has 0 fully saturated rings. The highest BCUT2D eigenvalue weighted by molar-refractivity contribution is 5.79. The summed E-state index contributed by atoms with van der Waals surface area (Å²) < 4.78 is 5.46. The van der Waals surface area contributed by atoms with Crippen LogP contribution in [0.5, 0.6) is 0 Å². The first-order valence-corrected chi connectivity index (χ1v) is 8.08. The van der Waals surface area contributed by atoms with Gasteiger partial charge in [-0.25, -0.2) is 4.79 Å². The maximum atomic E-state index is 12.1. The van der Waals surface area contributed by atoms with Gasteiger partial charge in [0.15, 0.2) is 0 Å². The van der Waals surface area contributed by atoms with E-state index in [9.17, 15) is 9.59 Å². The summed E-state index contributed by atoms with van der Waals surface area (Å²) in [5.41, 5.74) is 4.15. The highest BCUT2D eigenvalue weighted by Crippen LogP contribution is 2.44. The monoisotopic (exact) mass is 323 g/mol. The Morgan fingerprint density at radius 2 is 1.62 bits per heavy atom. The predicted octanol–water partition coefficient (Wildman–Crippen LogP) is 3.89. The van der Waals surface area contributed by atoms with Crippen molar-refractivity contribution in [3.05, 3.63) is 59.7 Å². The first-order chi connectivity index (χ1) is 11.5. The molecule has 0 radical (unpaired) electrons. The van der Waals surface area contributed by atoms with Crippen molar-refractivity contribution in [2.24, 2.45) is 0 Å². The van der Waals surface area contributed by atoms with Crippen molar-refractivity contribution in [1.29, 1.82) is 0 Å².